The first-order valence-electron chi connectivity index (χ1n) is 4.61. The van der Waals surface area contributed by atoms with Crippen LogP contribution in [0.15, 0.2) is 30.3 Å². The quantitative estimate of drug-likeness (QED) is 0.659. The summed E-state index contributed by atoms with van der Waals surface area (Å²) in [5.74, 6) is -0.999. The van der Waals surface area contributed by atoms with Crippen molar-refractivity contribution in [3.8, 4) is 0 Å². The molecule has 16 heavy (non-hydrogen) atoms. The average molecular weight is 220 g/mol. The van der Waals surface area contributed by atoms with Crippen LogP contribution in [-0.4, -0.2) is 17.1 Å². The molecule has 4 N–H and O–H groups in total. The Labute approximate surface area is 92.6 Å². The third-order valence-electron chi connectivity index (χ3n) is 1.84. The van der Waals surface area contributed by atoms with Crippen LogP contribution in [0.3, 0.4) is 0 Å². The zero-order valence-corrected chi connectivity index (χ0v) is 8.51. The van der Waals surface area contributed by atoms with E-state index in [9.17, 15) is 9.59 Å². The van der Waals surface area contributed by atoms with Gasteiger partial charge in [0.25, 0.3) is 0 Å². The monoisotopic (exact) mass is 220 g/mol. The minimum absolute atomic E-state index is 0.323. The molecule has 0 heterocycles. The topological polar surface area (TPSA) is 92.4 Å². The van der Waals surface area contributed by atoms with Crippen LogP contribution in [0.1, 0.15) is 11.1 Å². The number of carbonyl (C=O) groups excluding carboxylic acids is 1. The molecule has 5 nitrogen and oxygen atoms in total. The maximum absolute atomic E-state index is 10.5. The first kappa shape index (κ1) is 11.8. The summed E-state index contributed by atoms with van der Waals surface area (Å²) >= 11 is 0. The molecule has 0 saturated heterocycles. The predicted molar refractivity (Wildman–Crippen MR) is 59.5 cm³/mol. The van der Waals surface area contributed by atoms with E-state index in [0.29, 0.717) is 6.54 Å². The number of carbonyl (C=O) groups is 2. The zero-order chi connectivity index (χ0) is 12.0. The van der Waals surface area contributed by atoms with Gasteiger partial charge in [-0.05, 0) is 23.3 Å². The van der Waals surface area contributed by atoms with E-state index in [1.165, 1.54) is 6.08 Å². The van der Waals surface area contributed by atoms with E-state index in [-0.39, 0.29) is 0 Å². The summed E-state index contributed by atoms with van der Waals surface area (Å²) in [4.78, 5) is 20.8. The van der Waals surface area contributed by atoms with Gasteiger partial charge in [-0.25, -0.2) is 9.59 Å². The van der Waals surface area contributed by atoms with Crippen LogP contribution in [0.4, 0.5) is 4.79 Å². The van der Waals surface area contributed by atoms with E-state index in [0.717, 1.165) is 17.2 Å². The fourth-order valence-corrected chi connectivity index (χ4v) is 1.16. The third kappa shape index (κ3) is 4.28. The van der Waals surface area contributed by atoms with Gasteiger partial charge in [-0.3, -0.25) is 0 Å². The number of urea groups is 1. The standard InChI is InChI=1S/C11H12N2O3/c12-11(16)13-7-9-3-1-2-8(6-9)4-5-10(14)15/h1-6H,7H2,(H,14,15)(H3,12,13,16)/b5-4+. The molecule has 5 heteroatoms. The van der Waals surface area contributed by atoms with E-state index < -0.39 is 12.0 Å². The second-order valence-corrected chi connectivity index (χ2v) is 3.13. The lowest BCUT2D eigenvalue weighted by atomic mass is 10.1. The fraction of sp³-hybridized carbons (Fsp3) is 0.0909. The van der Waals surface area contributed by atoms with E-state index in [4.69, 9.17) is 10.8 Å². The minimum Gasteiger partial charge on any atom is -0.478 e. The van der Waals surface area contributed by atoms with Crippen molar-refractivity contribution >= 4 is 18.1 Å². The van der Waals surface area contributed by atoms with Gasteiger partial charge in [0.2, 0.25) is 0 Å². The Morgan fingerprint density at radius 3 is 2.81 bits per heavy atom. The van der Waals surface area contributed by atoms with Gasteiger partial charge in [0.15, 0.2) is 0 Å². The number of nitrogens with one attached hydrogen (secondary N) is 1. The number of carboxylic acid groups (broad SMARTS) is 1. The first-order chi connectivity index (χ1) is 7.58. The van der Waals surface area contributed by atoms with Gasteiger partial charge >= 0.3 is 12.0 Å². The fourth-order valence-electron chi connectivity index (χ4n) is 1.16. The van der Waals surface area contributed by atoms with Crippen LogP contribution in [0.2, 0.25) is 0 Å². The maximum atomic E-state index is 10.5. The van der Waals surface area contributed by atoms with E-state index in [1.54, 1.807) is 18.2 Å². The lowest BCUT2D eigenvalue weighted by Crippen LogP contribution is -2.28. The normalized spacial score (nSPS) is 10.2. The van der Waals surface area contributed by atoms with E-state index in [1.807, 2.05) is 6.07 Å². The average Bonchev–Trinajstić information content (AvgIpc) is 2.24. The molecule has 0 aliphatic rings. The van der Waals surface area contributed by atoms with Crippen molar-refractivity contribution in [2.75, 3.05) is 0 Å². The van der Waals surface area contributed by atoms with Crippen LogP contribution >= 0.6 is 0 Å². The predicted octanol–water partition coefficient (Wildman–Crippen LogP) is 0.953. The van der Waals surface area contributed by atoms with Crippen molar-refractivity contribution in [3.05, 3.63) is 41.5 Å². The van der Waals surface area contributed by atoms with Gasteiger partial charge in [-0.1, -0.05) is 18.2 Å². The van der Waals surface area contributed by atoms with Gasteiger partial charge in [0, 0.05) is 12.6 Å². The van der Waals surface area contributed by atoms with Crippen LogP contribution < -0.4 is 11.1 Å². The molecule has 0 bridgehead atoms. The van der Waals surface area contributed by atoms with Gasteiger partial charge < -0.3 is 16.2 Å². The van der Waals surface area contributed by atoms with E-state index >= 15 is 0 Å². The highest BCUT2D eigenvalue weighted by Crippen LogP contribution is 2.06. The Morgan fingerprint density at radius 2 is 2.19 bits per heavy atom. The summed E-state index contributed by atoms with van der Waals surface area (Å²) in [7, 11) is 0. The molecule has 0 spiro atoms. The maximum Gasteiger partial charge on any atom is 0.328 e. The number of carboxylic acids is 1. The highest BCUT2D eigenvalue weighted by molar-refractivity contribution is 5.85. The Bertz CT molecular complexity index is 427. The molecule has 0 unspecified atom stereocenters. The Balaban J connectivity index is 2.71. The summed E-state index contributed by atoms with van der Waals surface area (Å²) < 4.78 is 0. The molecule has 0 aliphatic carbocycles. The molecule has 1 aromatic carbocycles. The van der Waals surface area contributed by atoms with Crippen LogP contribution in [0, 0.1) is 0 Å². The molecule has 0 aromatic heterocycles. The van der Waals surface area contributed by atoms with Crippen LogP contribution in [-0.2, 0) is 11.3 Å². The van der Waals surface area contributed by atoms with Gasteiger partial charge in [-0.15, -0.1) is 0 Å². The van der Waals surface area contributed by atoms with Crippen molar-refractivity contribution in [2.45, 2.75) is 6.54 Å². The highest BCUT2D eigenvalue weighted by Gasteiger charge is 1.96. The lowest BCUT2D eigenvalue weighted by molar-refractivity contribution is -0.131. The van der Waals surface area contributed by atoms with Crippen molar-refractivity contribution in [1.29, 1.82) is 0 Å². The number of benzene rings is 1. The summed E-state index contributed by atoms with van der Waals surface area (Å²) in [5, 5.41) is 10.9. The second kappa shape index (κ2) is 5.55. The summed E-state index contributed by atoms with van der Waals surface area (Å²) in [6.07, 6.45) is 2.54. The van der Waals surface area contributed by atoms with Crippen molar-refractivity contribution < 1.29 is 14.7 Å². The second-order valence-electron chi connectivity index (χ2n) is 3.13. The van der Waals surface area contributed by atoms with Gasteiger partial charge in [0.05, 0.1) is 0 Å². The molecule has 84 valence electrons. The Hall–Kier alpha value is -2.30. The van der Waals surface area contributed by atoms with Crippen molar-refractivity contribution in [3.63, 3.8) is 0 Å². The summed E-state index contributed by atoms with van der Waals surface area (Å²) in [5.41, 5.74) is 6.54. The molecular formula is C11H12N2O3. The molecule has 0 fully saturated rings. The molecule has 2 amide bonds. The number of nitrogens with two attached hydrogens (primary N) is 1. The largest absolute Gasteiger partial charge is 0.478 e. The molecule has 0 saturated carbocycles. The highest BCUT2D eigenvalue weighted by atomic mass is 16.4. The first-order valence-corrected chi connectivity index (χ1v) is 4.61. The molecule has 1 rings (SSSR count). The van der Waals surface area contributed by atoms with Crippen LogP contribution in [0.25, 0.3) is 6.08 Å². The number of rotatable bonds is 4. The lowest BCUT2D eigenvalue weighted by Gasteiger charge is -2.02. The molecule has 0 atom stereocenters. The SMILES string of the molecule is NC(=O)NCc1cccc(/C=C/C(=O)O)c1. The molecule has 0 radical (unpaired) electrons. The van der Waals surface area contributed by atoms with Gasteiger partial charge in [-0.2, -0.15) is 0 Å². The molecule has 0 aliphatic heterocycles. The number of aliphatic carboxylic acids is 1. The smallest absolute Gasteiger partial charge is 0.328 e. The van der Waals surface area contributed by atoms with Gasteiger partial charge in [0.1, 0.15) is 0 Å². The third-order valence-corrected chi connectivity index (χ3v) is 1.84. The van der Waals surface area contributed by atoms with E-state index in [2.05, 4.69) is 5.32 Å². The van der Waals surface area contributed by atoms with Crippen molar-refractivity contribution in [2.24, 2.45) is 5.73 Å². The molecule has 1 aromatic rings. The Morgan fingerprint density at radius 1 is 1.44 bits per heavy atom. The summed E-state index contributed by atoms with van der Waals surface area (Å²) in [6.45, 7) is 0.323. The number of primary amides is 1. The minimum atomic E-state index is -0.999. The zero-order valence-electron chi connectivity index (χ0n) is 8.51. The number of hydrogen-bond acceptors (Lipinski definition) is 2. The number of hydrogen-bond donors (Lipinski definition) is 3. The summed E-state index contributed by atoms with van der Waals surface area (Å²) in [6, 6.07) is 6.54. The van der Waals surface area contributed by atoms with Crippen LogP contribution in [0.5, 0.6) is 0 Å². The number of amides is 2. The van der Waals surface area contributed by atoms with Crippen molar-refractivity contribution in [1.82, 2.24) is 5.32 Å². The molecular weight excluding hydrogens is 208 g/mol. The Kier molecular flexibility index (Phi) is 4.08.